The van der Waals surface area contributed by atoms with Crippen LogP contribution in [0.1, 0.15) is 12.8 Å². The lowest BCUT2D eigenvalue weighted by atomic mass is 10.2. The molecule has 1 amide bonds. The highest BCUT2D eigenvalue weighted by Gasteiger charge is 2.30. The van der Waals surface area contributed by atoms with Crippen molar-refractivity contribution >= 4 is 5.91 Å². The van der Waals surface area contributed by atoms with Gasteiger partial charge in [0, 0.05) is 19.6 Å². The Balaban J connectivity index is 1.88. The Bertz CT molecular complexity index is 229. The monoisotopic (exact) mass is 214 g/mol. The van der Waals surface area contributed by atoms with Crippen LogP contribution < -0.4 is 0 Å². The van der Waals surface area contributed by atoms with Gasteiger partial charge in [0.1, 0.15) is 0 Å². The fraction of sp³-hybridized carbons (Fsp3) is 0.900. The first kappa shape index (κ1) is 10.9. The highest BCUT2D eigenvalue weighted by atomic mass is 16.7. The van der Waals surface area contributed by atoms with Gasteiger partial charge in [-0.3, -0.25) is 9.63 Å². The lowest BCUT2D eigenvalue weighted by molar-refractivity contribution is -0.210. The van der Waals surface area contributed by atoms with E-state index in [0.717, 1.165) is 19.4 Å². The van der Waals surface area contributed by atoms with Crippen LogP contribution in [0.5, 0.6) is 0 Å². The van der Waals surface area contributed by atoms with Gasteiger partial charge in [-0.2, -0.15) is 0 Å². The summed E-state index contributed by atoms with van der Waals surface area (Å²) >= 11 is 0. The lowest BCUT2D eigenvalue weighted by Gasteiger charge is -2.33. The summed E-state index contributed by atoms with van der Waals surface area (Å²) in [7, 11) is 2.00. The number of nitrogens with zero attached hydrogens (tertiary/aromatic N) is 2. The van der Waals surface area contributed by atoms with Gasteiger partial charge >= 0.3 is 0 Å². The van der Waals surface area contributed by atoms with Crippen LogP contribution in [0.15, 0.2) is 0 Å². The molecule has 1 unspecified atom stereocenters. The highest BCUT2D eigenvalue weighted by molar-refractivity contribution is 5.80. The van der Waals surface area contributed by atoms with Crippen LogP contribution in [0.25, 0.3) is 0 Å². The van der Waals surface area contributed by atoms with Gasteiger partial charge in [0.2, 0.25) is 0 Å². The van der Waals surface area contributed by atoms with E-state index in [1.165, 1.54) is 5.06 Å². The largest absolute Gasteiger partial charge is 0.366 e. The normalized spacial score (nSPS) is 29.1. The third kappa shape index (κ3) is 2.68. The van der Waals surface area contributed by atoms with E-state index in [1.807, 2.05) is 7.05 Å². The van der Waals surface area contributed by atoms with Gasteiger partial charge in [-0.1, -0.05) is 0 Å². The molecule has 5 heteroatoms. The standard InChI is InChI=1S/C10H18N2O3/c1-11-5-7-14-9(8-11)10(13)12-4-2-3-6-15-12/h9H,2-8H2,1H3. The van der Waals surface area contributed by atoms with Crippen molar-refractivity contribution in [3.05, 3.63) is 0 Å². The number of morpholine rings is 1. The summed E-state index contributed by atoms with van der Waals surface area (Å²) in [5.41, 5.74) is 0. The molecule has 0 aromatic rings. The van der Waals surface area contributed by atoms with Crippen LogP contribution in [0.4, 0.5) is 0 Å². The van der Waals surface area contributed by atoms with Crippen LogP contribution in [0.3, 0.4) is 0 Å². The number of rotatable bonds is 1. The van der Waals surface area contributed by atoms with Gasteiger partial charge in [0.05, 0.1) is 13.2 Å². The third-order valence-corrected chi connectivity index (χ3v) is 2.79. The number of likely N-dealkylation sites (N-methyl/N-ethyl adjacent to an activating group) is 1. The first-order valence-electron chi connectivity index (χ1n) is 5.52. The maximum Gasteiger partial charge on any atom is 0.276 e. The predicted octanol–water partition coefficient (Wildman–Crippen LogP) is -0.129. The highest BCUT2D eigenvalue weighted by Crippen LogP contribution is 2.11. The van der Waals surface area contributed by atoms with Crippen molar-refractivity contribution in [2.45, 2.75) is 18.9 Å². The van der Waals surface area contributed by atoms with Crippen molar-refractivity contribution in [3.63, 3.8) is 0 Å². The molecule has 2 saturated heterocycles. The molecule has 5 nitrogen and oxygen atoms in total. The van der Waals surface area contributed by atoms with E-state index in [2.05, 4.69) is 4.90 Å². The van der Waals surface area contributed by atoms with Crippen LogP contribution in [-0.2, 0) is 14.4 Å². The van der Waals surface area contributed by atoms with E-state index in [4.69, 9.17) is 9.57 Å². The molecule has 86 valence electrons. The first-order chi connectivity index (χ1) is 7.27. The van der Waals surface area contributed by atoms with Crippen LogP contribution in [0, 0.1) is 0 Å². The minimum atomic E-state index is -0.346. The summed E-state index contributed by atoms with van der Waals surface area (Å²) in [6, 6.07) is 0. The van der Waals surface area contributed by atoms with Gasteiger partial charge in [-0.25, -0.2) is 5.06 Å². The molecule has 0 aromatic heterocycles. The fourth-order valence-corrected chi connectivity index (χ4v) is 1.86. The summed E-state index contributed by atoms with van der Waals surface area (Å²) in [5, 5.41) is 1.47. The number of hydrogen-bond acceptors (Lipinski definition) is 4. The summed E-state index contributed by atoms with van der Waals surface area (Å²) in [4.78, 5) is 19.4. The second-order valence-electron chi connectivity index (χ2n) is 4.10. The van der Waals surface area contributed by atoms with Crippen molar-refractivity contribution in [3.8, 4) is 0 Å². The average molecular weight is 214 g/mol. The molecule has 2 rings (SSSR count). The van der Waals surface area contributed by atoms with Crippen molar-refractivity contribution in [1.29, 1.82) is 0 Å². The molecule has 2 aliphatic heterocycles. The van der Waals surface area contributed by atoms with Gasteiger partial charge in [0.15, 0.2) is 6.10 Å². The number of hydrogen-bond donors (Lipinski definition) is 0. The number of ether oxygens (including phenoxy) is 1. The van der Waals surface area contributed by atoms with Crippen molar-refractivity contribution in [2.24, 2.45) is 0 Å². The molecule has 0 spiro atoms. The molecule has 2 aliphatic rings. The van der Waals surface area contributed by atoms with Gasteiger partial charge in [0.25, 0.3) is 5.91 Å². The zero-order valence-electron chi connectivity index (χ0n) is 9.15. The molecule has 0 aliphatic carbocycles. The van der Waals surface area contributed by atoms with E-state index in [9.17, 15) is 4.79 Å². The zero-order chi connectivity index (χ0) is 10.7. The Morgan fingerprint density at radius 2 is 2.13 bits per heavy atom. The number of carbonyl (C=O) groups is 1. The quantitative estimate of drug-likeness (QED) is 0.610. The predicted molar refractivity (Wildman–Crippen MR) is 54.1 cm³/mol. The Hall–Kier alpha value is -0.650. The van der Waals surface area contributed by atoms with E-state index < -0.39 is 0 Å². The Kier molecular flexibility index (Phi) is 3.56. The number of amides is 1. The van der Waals surface area contributed by atoms with Crippen molar-refractivity contribution in [1.82, 2.24) is 9.96 Å². The van der Waals surface area contributed by atoms with E-state index in [0.29, 0.717) is 26.3 Å². The van der Waals surface area contributed by atoms with Gasteiger partial charge in [-0.15, -0.1) is 0 Å². The molecule has 0 radical (unpaired) electrons. The van der Waals surface area contributed by atoms with Crippen LogP contribution in [-0.4, -0.2) is 61.9 Å². The molecule has 0 bridgehead atoms. The zero-order valence-corrected chi connectivity index (χ0v) is 9.15. The molecular weight excluding hydrogens is 196 g/mol. The lowest BCUT2D eigenvalue weighted by Crippen LogP contribution is -2.50. The minimum absolute atomic E-state index is 0.0266. The van der Waals surface area contributed by atoms with E-state index in [1.54, 1.807) is 0 Å². The molecule has 0 aromatic carbocycles. The van der Waals surface area contributed by atoms with Crippen LogP contribution >= 0.6 is 0 Å². The second kappa shape index (κ2) is 4.92. The SMILES string of the molecule is CN1CCOC(C(=O)N2CCCCO2)C1. The maximum atomic E-state index is 11.9. The molecule has 15 heavy (non-hydrogen) atoms. The summed E-state index contributed by atoms with van der Waals surface area (Å²) in [5.74, 6) is -0.0266. The topological polar surface area (TPSA) is 42.0 Å². The van der Waals surface area contributed by atoms with Crippen molar-refractivity contribution < 1.29 is 14.4 Å². The molecule has 1 atom stereocenters. The average Bonchev–Trinajstić information content (AvgIpc) is 2.29. The van der Waals surface area contributed by atoms with E-state index >= 15 is 0 Å². The molecule has 0 saturated carbocycles. The van der Waals surface area contributed by atoms with Gasteiger partial charge in [-0.05, 0) is 19.9 Å². The van der Waals surface area contributed by atoms with Crippen LogP contribution in [0.2, 0.25) is 0 Å². The Morgan fingerprint density at radius 3 is 2.80 bits per heavy atom. The smallest absolute Gasteiger partial charge is 0.276 e. The third-order valence-electron chi connectivity index (χ3n) is 2.79. The number of hydroxylamine groups is 2. The van der Waals surface area contributed by atoms with E-state index in [-0.39, 0.29) is 12.0 Å². The minimum Gasteiger partial charge on any atom is -0.366 e. The van der Waals surface area contributed by atoms with Crippen molar-refractivity contribution in [2.75, 3.05) is 39.9 Å². The fourth-order valence-electron chi connectivity index (χ4n) is 1.86. The first-order valence-corrected chi connectivity index (χ1v) is 5.52. The van der Waals surface area contributed by atoms with Gasteiger partial charge < -0.3 is 9.64 Å². The Labute approximate surface area is 89.9 Å². The molecule has 2 fully saturated rings. The molecular formula is C10H18N2O3. The molecule has 2 heterocycles. The summed E-state index contributed by atoms with van der Waals surface area (Å²) in [6.07, 6.45) is 1.71. The maximum absolute atomic E-state index is 11.9. The second-order valence-corrected chi connectivity index (χ2v) is 4.10. The summed E-state index contributed by atoms with van der Waals surface area (Å²) in [6.45, 7) is 3.53. The Morgan fingerprint density at radius 1 is 1.27 bits per heavy atom. The molecule has 0 N–H and O–H groups in total. The number of carbonyl (C=O) groups excluding carboxylic acids is 1. The summed E-state index contributed by atoms with van der Waals surface area (Å²) < 4.78 is 5.45.